The predicted octanol–water partition coefficient (Wildman–Crippen LogP) is 0.396. The van der Waals surface area contributed by atoms with Crippen molar-refractivity contribution in [2.45, 2.75) is 20.0 Å². The predicted molar refractivity (Wildman–Crippen MR) is 113 cm³/mol. The Kier molecular flexibility index (Phi) is 8.28. The third-order valence-corrected chi connectivity index (χ3v) is 5.56. The van der Waals surface area contributed by atoms with Gasteiger partial charge in [0.25, 0.3) is 0 Å². The Morgan fingerprint density at radius 1 is 1.10 bits per heavy atom. The summed E-state index contributed by atoms with van der Waals surface area (Å²) in [6.07, 6.45) is 0.759. The van der Waals surface area contributed by atoms with Crippen LogP contribution in [0.3, 0.4) is 0 Å². The molecule has 2 N–H and O–H groups in total. The van der Waals surface area contributed by atoms with Gasteiger partial charge in [-0.25, -0.2) is 0 Å². The minimum atomic E-state index is -0.592. The number of halogens is 1. The van der Waals surface area contributed by atoms with Gasteiger partial charge in [-0.2, -0.15) is 0 Å². The molecule has 0 amide bonds. The normalized spacial score (nSPS) is 12.4. The van der Waals surface area contributed by atoms with E-state index in [-0.39, 0.29) is 41.8 Å². The SMILES string of the molecule is CC[N+](C)(CC)CC(O)COc1ccc2c(=O)c(-c3ccccc3O)coc2c1.[I-]. The zero-order chi connectivity index (χ0) is 21.0. The lowest BCUT2D eigenvalue weighted by Gasteiger charge is -2.33. The number of nitrogens with zero attached hydrogens (tertiary/aromatic N) is 1. The molecule has 162 valence electrons. The molecule has 0 aliphatic heterocycles. The topological polar surface area (TPSA) is 79.9 Å². The van der Waals surface area contributed by atoms with Crippen LogP contribution in [0, 0.1) is 0 Å². The van der Waals surface area contributed by atoms with E-state index in [0.29, 0.717) is 34.4 Å². The molecule has 0 spiro atoms. The van der Waals surface area contributed by atoms with Gasteiger partial charge in [-0.3, -0.25) is 4.79 Å². The minimum absolute atomic E-state index is 0. The fraction of sp³-hybridized carbons (Fsp3) is 0.348. The summed E-state index contributed by atoms with van der Waals surface area (Å²) in [4.78, 5) is 12.8. The summed E-state index contributed by atoms with van der Waals surface area (Å²) in [5.41, 5.74) is 0.901. The number of para-hydroxylation sites is 1. The number of fused-ring (bicyclic) bond motifs is 1. The molecule has 0 aliphatic carbocycles. The molecule has 1 heterocycles. The van der Waals surface area contributed by atoms with Gasteiger partial charge < -0.3 is 47.8 Å². The lowest BCUT2D eigenvalue weighted by molar-refractivity contribution is -0.909. The zero-order valence-electron chi connectivity index (χ0n) is 17.5. The van der Waals surface area contributed by atoms with Crippen LogP contribution in [0.1, 0.15) is 13.8 Å². The number of hydrogen-bond acceptors (Lipinski definition) is 5. The molecule has 0 fully saturated rings. The van der Waals surface area contributed by atoms with Crippen LogP contribution in [0.2, 0.25) is 0 Å². The Morgan fingerprint density at radius 2 is 1.80 bits per heavy atom. The van der Waals surface area contributed by atoms with Crippen molar-refractivity contribution in [1.82, 2.24) is 0 Å². The first-order valence-electron chi connectivity index (χ1n) is 9.85. The van der Waals surface area contributed by atoms with Crippen LogP contribution in [-0.4, -0.2) is 54.1 Å². The molecule has 30 heavy (non-hydrogen) atoms. The number of hydrogen-bond donors (Lipinski definition) is 2. The zero-order valence-corrected chi connectivity index (χ0v) is 19.6. The highest BCUT2D eigenvalue weighted by Gasteiger charge is 2.22. The molecule has 6 nitrogen and oxygen atoms in total. The number of phenols is 1. The van der Waals surface area contributed by atoms with Crippen LogP contribution in [-0.2, 0) is 0 Å². The van der Waals surface area contributed by atoms with Gasteiger partial charge >= 0.3 is 0 Å². The number of rotatable bonds is 8. The first kappa shape index (κ1) is 24.2. The van der Waals surface area contributed by atoms with E-state index < -0.39 is 6.10 Å². The first-order chi connectivity index (χ1) is 13.9. The Bertz CT molecular complexity index is 1050. The number of aliphatic hydroxyl groups is 1. The maximum Gasteiger partial charge on any atom is 0.200 e. The molecule has 1 atom stereocenters. The summed E-state index contributed by atoms with van der Waals surface area (Å²) in [5, 5.41) is 20.7. The number of phenolic OH excluding ortho intramolecular Hbond substituents is 1. The molecular formula is C23H28INO5. The van der Waals surface area contributed by atoms with Crippen molar-refractivity contribution < 1.29 is 47.8 Å². The maximum absolute atomic E-state index is 12.8. The number of benzene rings is 2. The van der Waals surface area contributed by atoms with Gasteiger partial charge in [0.1, 0.15) is 42.6 Å². The molecule has 0 saturated heterocycles. The molecule has 7 heteroatoms. The Morgan fingerprint density at radius 3 is 2.47 bits per heavy atom. The molecule has 1 aromatic heterocycles. The number of quaternary nitrogens is 1. The molecule has 0 bridgehead atoms. The number of ether oxygens (including phenoxy) is 1. The monoisotopic (exact) mass is 525 g/mol. The lowest BCUT2D eigenvalue weighted by Crippen LogP contribution is -3.00. The van der Waals surface area contributed by atoms with Gasteiger partial charge in [-0.05, 0) is 32.0 Å². The molecule has 0 saturated carbocycles. The van der Waals surface area contributed by atoms with E-state index in [2.05, 4.69) is 20.9 Å². The van der Waals surface area contributed by atoms with E-state index in [1.807, 2.05) is 0 Å². The molecule has 1 unspecified atom stereocenters. The Balaban J connectivity index is 0.00000320. The average molecular weight is 525 g/mol. The molecule has 3 aromatic rings. The first-order valence-corrected chi connectivity index (χ1v) is 9.85. The molecule has 2 aromatic carbocycles. The van der Waals surface area contributed by atoms with Crippen molar-refractivity contribution in [2.75, 3.05) is 33.3 Å². The molecule has 0 aliphatic rings. The molecule has 3 rings (SSSR count). The second kappa shape index (κ2) is 10.3. The van der Waals surface area contributed by atoms with Crippen LogP contribution in [0.4, 0.5) is 0 Å². The fourth-order valence-electron chi connectivity index (χ4n) is 3.32. The van der Waals surface area contributed by atoms with Crippen molar-refractivity contribution in [3.63, 3.8) is 0 Å². The number of aliphatic hydroxyl groups excluding tert-OH is 1. The molecular weight excluding hydrogens is 497 g/mol. The summed E-state index contributed by atoms with van der Waals surface area (Å²) in [6, 6.07) is 11.6. The minimum Gasteiger partial charge on any atom is -1.00 e. The Labute approximate surface area is 193 Å². The van der Waals surface area contributed by atoms with Crippen molar-refractivity contribution in [3.8, 4) is 22.6 Å². The van der Waals surface area contributed by atoms with Crippen LogP contribution in [0.25, 0.3) is 22.1 Å². The number of aromatic hydroxyl groups is 1. The van der Waals surface area contributed by atoms with Crippen LogP contribution >= 0.6 is 0 Å². The van der Waals surface area contributed by atoms with Crippen molar-refractivity contribution >= 4 is 11.0 Å². The van der Waals surface area contributed by atoms with Gasteiger partial charge in [-0.1, -0.05) is 18.2 Å². The third kappa shape index (κ3) is 5.33. The summed E-state index contributed by atoms with van der Waals surface area (Å²) in [7, 11) is 2.11. The van der Waals surface area contributed by atoms with E-state index in [4.69, 9.17) is 9.15 Å². The molecule has 0 radical (unpaired) electrons. The van der Waals surface area contributed by atoms with E-state index in [1.54, 1.807) is 36.4 Å². The van der Waals surface area contributed by atoms with Crippen LogP contribution < -0.4 is 34.1 Å². The van der Waals surface area contributed by atoms with Crippen molar-refractivity contribution in [2.24, 2.45) is 0 Å². The summed E-state index contributed by atoms with van der Waals surface area (Å²) in [5.74, 6) is 0.551. The third-order valence-electron chi connectivity index (χ3n) is 5.56. The smallest absolute Gasteiger partial charge is 0.200 e. The highest BCUT2D eigenvalue weighted by atomic mass is 127. The fourth-order valence-corrected chi connectivity index (χ4v) is 3.32. The summed E-state index contributed by atoms with van der Waals surface area (Å²) >= 11 is 0. The van der Waals surface area contributed by atoms with E-state index in [0.717, 1.165) is 17.6 Å². The highest BCUT2D eigenvalue weighted by molar-refractivity contribution is 5.83. The Hall–Kier alpha value is -2.10. The second-order valence-corrected chi connectivity index (χ2v) is 7.55. The van der Waals surface area contributed by atoms with Gasteiger partial charge in [0.15, 0.2) is 0 Å². The second-order valence-electron chi connectivity index (χ2n) is 7.55. The van der Waals surface area contributed by atoms with E-state index in [9.17, 15) is 15.0 Å². The quantitative estimate of drug-likeness (QED) is 0.329. The van der Waals surface area contributed by atoms with Crippen molar-refractivity contribution in [1.29, 1.82) is 0 Å². The van der Waals surface area contributed by atoms with Gasteiger partial charge in [0.05, 0.1) is 31.1 Å². The summed E-state index contributed by atoms with van der Waals surface area (Å²) in [6.45, 7) is 6.86. The number of likely N-dealkylation sites (N-methyl/N-ethyl adjacent to an activating group) is 1. The highest BCUT2D eigenvalue weighted by Crippen LogP contribution is 2.28. The van der Waals surface area contributed by atoms with E-state index in [1.165, 1.54) is 12.3 Å². The van der Waals surface area contributed by atoms with Crippen LogP contribution in [0.5, 0.6) is 11.5 Å². The average Bonchev–Trinajstić information content (AvgIpc) is 2.73. The largest absolute Gasteiger partial charge is 1.00 e. The van der Waals surface area contributed by atoms with Gasteiger partial charge in [0, 0.05) is 11.6 Å². The van der Waals surface area contributed by atoms with Crippen molar-refractivity contribution in [3.05, 3.63) is 59.0 Å². The van der Waals surface area contributed by atoms with Gasteiger partial charge in [0.2, 0.25) is 5.43 Å². The maximum atomic E-state index is 12.8. The lowest BCUT2D eigenvalue weighted by atomic mass is 10.0. The van der Waals surface area contributed by atoms with Gasteiger partial charge in [-0.15, -0.1) is 0 Å². The van der Waals surface area contributed by atoms with Crippen LogP contribution in [0.15, 0.2) is 57.9 Å². The standard InChI is InChI=1S/C23H27NO5.HI/c1-4-24(3,5-2)13-16(25)14-28-17-10-11-19-22(12-17)29-15-20(23(19)27)18-8-6-7-9-21(18)26;/h6-12,15-16,25H,4-5,13-14H2,1-3H3;1H. The summed E-state index contributed by atoms with van der Waals surface area (Å²) < 4.78 is 12.1. The van der Waals surface area contributed by atoms with E-state index >= 15 is 0 Å².